The van der Waals surface area contributed by atoms with Gasteiger partial charge in [-0.25, -0.2) is 0 Å². The maximum Gasteiger partial charge on any atom is 0.103 e. The molecule has 2 rings (SSSR count). The van der Waals surface area contributed by atoms with Crippen LogP contribution < -0.4 is 5.32 Å². The minimum atomic E-state index is 0.644. The molecule has 0 atom stereocenters. The van der Waals surface area contributed by atoms with Crippen molar-refractivity contribution in [3.05, 3.63) is 45.4 Å². The fraction of sp³-hybridized carbons (Fsp3) is 0.286. The minimum absolute atomic E-state index is 0.644. The van der Waals surface area contributed by atoms with E-state index in [0.29, 0.717) is 5.56 Å². The van der Waals surface area contributed by atoms with E-state index in [2.05, 4.69) is 33.2 Å². The molecule has 0 fully saturated rings. The number of pyridine rings is 1. The molecule has 2 heterocycles. The zero-order valence-corrected chi connectivity index (χ0v) is 11.3. The predicted octanol–water partition coefficient (Wildman–Crippen LogP) is 3.29. The van der Waals surface area contributed by atoms with Crippen LogP contribution in [0, 0.1) is 25.2 Å². The Labute approximate surface area is 111 Å². The number of anilines is 1. The van der Waals surface area contributed by atoms with Crippen molar-refractivity contribution in [1.29, 1.82) is 5.26 Å². The Morgan fingerprint density at radius 1 is 1.44 bits per heavy atom. The average Bonchev–Trinajstić information content (AvgIpc) is 2.81. The van der Waals surface area contributed by atoms with E-state index in [1.54, 1.807) is 11.3 Å². The maximum absolute atomic E-state index is 9.15. The van der Waals surface area contributed by atoms with Crippen LogP contribution in [0.1, 0.15) is 22.5 Å². The van der Waals surface area contributed by atoms with Crippen molar-refractivity contribution < 1.29 is 0 Å². The second-order valence-corrected chi connectivity index (χ2v) is 4.97. The first kappa shape index (κ1) is 12.6. The summed E-state index contributed by atoms with van der Waals surface area (Å²) in [5.74, 6) is 0. The molecule has 2 aromatic rings. The number of hydrogen-bond donors (Lipinski definition) is 1. The summed E-state index contributed by atoms with van der Waals surface area (Å²) in [6.45, 7) is 4.64. The smallest absolute Gasteiger partial charge is 0.103 e. The molecule has 0 radical (unpaired) electrons. The first-order valence-electron chi connectivity index (χ1n) is 5.84. The molecule has 2 aromatic heterocycles. The summed E-state index contributed by atoms with van der Waals surface area (Å²) >= 11 is 1.71. The van der Waals surface area contributed by atoms with Gasteiger partial charge < -0.3 is 5.32 Å². The second-order valence-electron chi connectivity index (χ2n) is 4.19. The van der Waals surface area contributed by atoms with E-state index < -0.39 is 0 Å². The summed E-state index contributed by atoms with van der Waals surface area (Å²) in [5, 5.41) is 16.7. The molecule has 0 aliphatic rings. The molecular weight excluding hydrogens is 242 g/mol. The van der Waals surface area contributed by atoms with Crippen molar-refractivity contribution >= 4 is 17.0 Å². The number of nitrogens with zero attached hydrogens (tertiary/aromatic N) is 2. The first-order valence-corrected chi connectivity index (χ1v) is 6.78. The maximum atomic E-state index is 9.15. The zero-order chi connectivity index (χ0) is 13.0. The molecule has 0 saturated carbocycles. The summed E-state index contributed by atoms with van der Waals surface area (Å²) < 4.78 is 0. The third kappa shape index (κ3) is 2.88. The molecule has 18 heavy (non-hydrogen) atoms. The van der Waals surface area contributed by atoms with Crippen LogP contribution in [-0.4, -0.2) is 11.5 Å². The summed E-state index contributed by atoms with van der Waals surface area (Å²) in [7, 11) is 0. The van der Waals surface area contributed by atoms with Crippen LogP contribution in [0.3, 0.4) is 0 Å². The van der Waals surface area contributed by atoms with Gasteiger partial charge in [-0.1, -0.05) is 0 Å². The number of hydrogen-bond acceptors (Lipinski definition) is 4. The van der Waals surface area contributed by atoms with Gasteiger partial charge in [-0.2, -0.15) is 16.6 Å². The Kier molecular flexibility index (Phi) is 3.96. The number of nitriles is 1. The molecule has 0 saturated heterocycles. The van der Waals surface area contributed by atoms with Crippen molar-refractivity contribution in [3.63, 3.8) is 0 Å². The van der Waals surface area contributed by atoms with Gasteiger partial charge in [0.2, 0.25) is 0 Å². The SMILES string of the molecule is Cc1cc(NCCc2ccsc2)c(C#N)c(C)n1. The van der Waals surface area contributed by atoms with E-state index in [-0.39, 0.29) is 0 Å². The third-order valence-corrected chi connectivity index (χ3v) is 3.48. The summed E-state index contributed by atoms with van der Waals surface area (Å²) in [6.07, 6.45) is 0.967. The lowest BCUT2D eigenvalue weighted by Gasteiger charge is -2.10. The molecular formula is C14H15N3S. The number of aromatic nitrogens is 1. The number of aryl methyl sites for hydroxylation is 2. The summed E-state index contributed by atoms with van der Waals surface area (Å²) in [4.78, 5) is 4.30. The molecule has 4 heteroatoms. The molecule has 0 aliphatic carbocycles. The molecule has 3 nitrogen and oxygen atoms in total. The molecule has 92 valence electrons. The Bertz CT molecular complexity index is 567. The Balaban J connectivity index is 2.07. The van der Waals surface area contributed by atoms with Crippen molar-refractivity contribution in [3.8, 4) is 6.07 Å². The molecule has 0 spiro atoms. The van der Waals surface area contributed by atoms with Crippen molar-refractivity contribution in [1.82, 2.24) is 4.98 Å². The predicted molar refractivity (Wildman–Crippen MR) is 74.9 cm³/mol. The third-order valence-electron chi connectivity index (χ3n) is 2.75. The van der Waals surface area contributed by atoms with E-state index in [0.717, 1.165) is 30.0 Å². The lowest BCUT2D eigenvalue weighted by molar-refractivity contribution is 1.02. The molecule has 1 N–H and O–H groups in total. The first-order chi connectivity index (χ1) is 8.70. The van der Waals surface area contributed by atoms with Crippen LogP contribution in [0.4, 0.5) is 5.69 Å². The quantitative estimate of drug-likeness (QED) is 0.914. The summed E-state index contributed by atoms with van der Waals surface area (Å²) in [5.41, 5.74) is 4.58. The van der Waals surface area contributed by atoms with Gasteiger partial charge in [-0.15, -0.1) is 0 Å². The highest BCUT2D eigenvalue weighted by atomic mass is 32.1. The van der Waals surface area contributed by atoms with Gasteiger partial charge in [-0.3, -0.25) is 4.98 Å². The number of nitrogens with one attached hydrogen (secondary N) is 1. The monoisotopic (exact) mass is 257 g/mol. The average molecular weight is 257 g/mol. The molecule has 0 aliphatic heterocycles. The zero-order valence-electron chi connectivity index (χ0n) is 10.5. The highest BCUT2D eigenvalue weighted by Gasteiger charge is 2.07. The highest BCUT2D eigenvalue weighted by Crippen LogP contribution is 2.18. The van der Waals surface area contributed by atoms with Crippen LogP contribution in [0.25, 0.3) is 0 Å². The van der Waals surface area contributed by atoms with Crippen molar-refractivity contribution in [2.24, 2.45) is 0 Å². The Morgan fingerprint density at radius 2 is 2.28 bits per heavy atom. The van der Waals surface area contributed by atoms with Crippen LogP contribution in [0.15, 0.2) is 22.9 Å². The standard InChI is InChI=1S/C14H15N3S/c1-10-7-14(13(8-15)11(2)17-10)16-5-3-12-4-6-18-9-12/h4,6-7,9H,3,5H2,1-2H3,(H,16,17). The second kappa shape index (κ2) is 5.65. The van der Waals surface area contributed by atoms with Gasteiger partial charge in [0.15, 0.2) is 0 Å². The van der Waals surface area contributed by atoms with E-state index in [1.165, 1.54) is 5.56 Å². The van der Waals surface area contributed by atoms with Gasteiger partial charge >= 0.3 is 0 Å². The number of thiophene rings is 1. The van der Waals surface area contributed by atoms with Gasteiger partial charge in [0.05, 0.1) is 16.9 Å². The number of rotatable bonds is 4. The lowest BCUT2D eigenvalue weighted by atomic mass is 10.1. The van der Waals surface area contributed by atoms with Crippen LogP contribution in [0.2, 0.25) is 0 Å². The molecule has 0 aromatic carbocycles. The van der Waals surface area contributed by atoms with Crippen molar-refractivity contribution in [2.45, 2.75) is 20.3 Å². The van der Waals surface area contributed by atoms with Crippen LogP contribution in [0.5, 0.6) is 0 Å². The van der Waals surface area contributed by atoms with Gasteiger partial charge in [0.1, 0.15) is 6.07 Å². The highest BCUT2D eigenvalue weighted by molar-refractivity contribution is 7.07. The van der Waals surface area contributed by atoms with E-state index in [4.69, 9.17) is 5.26 Å². The van der Waals surface area contributed by atoms with Gasteiger partial charge in [0, 0.05) is 12.2 Å². The normalized spacial score (nSPS) is 10.1. The molecule has 0 unspecified atom stereocenters. The fourth-order valence-electron chi connectivity index (χ4n) is 1.89. The largest absolute Gasteiger partial charge is 0.384 e. The van der Waals surface area contributed by atoms with Gasteiger partial charge in [-0.05, 0) is 48.7 Å². The Morgan fingerprint density at radius 3 is 2.94 bits per heavy atom. The fourth-order valence-corrected chi connectivity index (χ4v) is 2.59. The molecule has 0 amide bonds. The van der Waals surface area contributed by atoms with E-state index in [1.807, 2.05) is 19.9 Å². The van der Waals surface area contributed by atoms with Crippen LogP contribution >= 0.6 is 11.3 Å². The minimum Gasteiger partial charge on any atom is -0.384 e. The Hall–Kier alpha value is -1.86. The lowest BCUT2D eigenvalue weighted by Crippen LogP contribution is -2.07. The summed E-state index contributed by atoms with van der Waals surface area (Å²) in [6, 6.07) is 6.27. The molecule has 0 bridgehead atoms. The van der Waals surface area contributed by atoms with Crippen molar-refractivity contribution in [2.75, 3.05) is 11.9 Å². The topological polar surface area (TPSA) is 48.7 Å². The van der Waals surface area contributed by atoms with E-state index >= 15 is 0 Å². The van der Waals surface area contributed by atoms with Gasteiger partial charge in [0.25, 0.3) is 0 Å². The van der Waals surface area contributed by atoms with E-state index in [9.17, 15) is 0 Å². The van der Waals surface area contributed by atoms with Crippen LogP contribution in [-0.2, 0) is 6.42 Å².